The maximum Gasteiger partial charge on any atom is 0.330 e. The standard InChI is InChI=1S/C31H38O8/c1-5-7-8-25(6-2)31(34)39-28(21-37-29(32)19-13-23-9-15-26(35-3)16-10-23)22-38-30(33)20-14-24-11-17-27(36-4)18-12-24/h9-20,25,28H,5-8,21-22H2,1-4H3/b19-13+,20-14+. The van der Waals surface area contributed by atoms with E-state index in [-0.39, 0.29) is 19.1 Å². The summed E-state index contributed by atoms with van der Waals surface area (Å²) in [5, 5.41) is 0. The second-order valence-electron chi connectivity index (χ2n) is 8.78. The van der Waals surface area contributed by atoms with Crippen molar-refractivity contribution in [1.82, 2.24) is 0 Å². The molecule has 210 valence electrons. The van der Waals surface area contributed by atoms with Gasteiger partial charge in [0.05, 0.1) is 20.1 Å². The monoisotopic (exact) mass is 538 g/mol. The van der Waals surface area contributed by atoms with Crippen molar-refractivity contribution in [2.75, 3.05) is 27.4 Å². The molecule has 8 heteroatoms. The van der Waals surface area contributed by atoms with Crippen molar-refractivity contribution in [1.29, 1.82) is 0 Å². The Morgan fingerprint density at radius 1 is 0.744 bits per heavy atom. The molecule has 1 unspecified atom stereocenters. The molecule has 0 amide bonds. The van der Waals surface area contributed by atoms with Crippen LogP contribution in [0.3, 0.4) is 0 Å². The fraction of sp³-hybridized carbons (Fsp3) is 0.387. The number of carbonyl (C=O) groups is 3. The first-order valence-electron chi connectivity index (χ1n) is 13.1. The number of hydrogen-bond donors (Lipinski definition) is 0. The second kappa shape index (κ2) is 17.4. The molecular weight excluding hydrogens is 500 g/mol. The highest BCUT2D eigenvalue weighted by Gasteiger charge is 2.24. The molecule has 0 saturated carbocycles. The van der Waals surface area contributed by atoms with E-state index < -0.39 is 24.0 Å². The van der Waals surface area contributed by atoms with Crippen LogP contribution < -0.4 is 9.47 Å². The highest BCUT2D eigenvalue weighted by atomic mass is 16.6. The Morgan fingerprint density at radius 2 is 1.21 bits per heavy atom. The third-order valence-corrected chi connectivity index (χ3v) is 5.89. The van der Waals surface area contributed by atoms with E-state index in [9.17, 15) is 14.4 Å². The maximum atomic E-state index is 12.8. The minimum Gasteiger partial charge on any atom is -0.497 e. The molecule has 0 radical (unpaired) electrons. The molecule has 0 aliphatic rings. The predicted molar refractivity (Wildman–Crippen MR) is 149 cm³/mol. The van der Waals surface area contributed by atoms with Crippen LogP contribution in [-0.4, -0.2) is 51.4 Å². The average Bonchev–Trinajstić information content (AvgIpc) is 2.97. The summed E-state index contributed by atoms with van der Waals surface area (Å²) in [4.78, 5) is 37.4. The van der Waals surface area contributed by atoms with Crippen molar-refractivity contribution in [3.05, 3.63) is 71.8 Å². The fourth-order valence-electron chi connectivity index (χ4n) is 3.52. The summed E-state index contributed by atoms with van der Waals surface area (Å²) in [5.74, 6) is -0.491. The lowest BCUT2D eigenvalue weighted by Gasteiger charge is -2.21. The van der Waals surface area contributed by atoms with Gasteiger partial charge in [-0.15, -0.1) is 0 Å². The first kappa shape index (κ1) is 31.1. The number of ether oxygens (including phenoxy) is 5. The molecule has 0 aliphatic heterocycles. The number of unbranched alkanes of at least 4 members (excludes halogenated alkanes) is 1. The van der Waals surface area contributed by atoms with Crippen molar-refractivity contribution in [2.24, 2.45) is 5.92 Å². The summed E-state index contributed by atoms with van der Waals surface area (Å²) in [5.41, 5.74) is 1.57. The van der Waals surface area contributed by atoms with E-state index in [0.29, 0.717) is 24.3 Å². The zero-order valence-electron chi connectivity index (χ0n) is 23.1. The molecule has 0 fully saturated rings. The van der Waals surface area contributed by atoms with E-state index in [1.807, 2.05) is 6.92 Å². The number of benzene rings is 2. The van der Waals surface area contributed by atoms with Crippen LogP contribution in [0.15, 0.2) is 60.7 Å². The van der Waals surface area contributed by atoms with Gasteiger partial charge in [-0.05, 0) is 60.4 Å². The molecule has 8 nitrogen and oxygen atoms in total. The topological polar surface area (TPSA) is 97.4 Å². The zero-order valence-corrected chi connectivity index (χ0v) is 23.1. The van der Waals surface area contributed by atoms with Crippen molar-refractivity contribution >= 4 is 30.1 Å². The lowest BCUT2D eigenvalue weighted by molar-refractivity contribution is -0.167. The van der Waals surface area contributed by atoms with Crippen molar-refractivity contribution in [2.45, 2.75) is 45.6 Å². The van der Waals surface area contributed by atoms with Crippen LogP contribution in [0.4, 0.5) is 0 Å². The summed E-state index contributed by atoms with van der Waals surface area (Å²) >= 11 is 0. The molecular formula is C31H38O8. The number of esters is 3. The van der Waals surface area contributed by atoms with Gasteiger partial charge >= 0.3 is 17.9 Å². The number of rotatable bonds is 16. The Bertz CT molecular complexity index is 1010. The fourth-order valence-corrected chi connectivity index (χ4v) is 3.52. The third kappa shape index (κ3) is 11.9. The normalized spacial score (nSPS) is 11.9. The lowest BCUT2D eigenvalue weighted by Crippen LogP contribution is -2.32. The molecule has 0 bridgehead atoms. The van der Waals surface area contributed by atoms with Gasteiger partial charge in [0.1, 0.15) is 24.7 Å². The lowest BCUT2D eigenvalue weighted by atomic mass is 10.00. The summed E-state index contributed by atoms with van der Waals surface area (Å²) < 4.78 is 26.5. The minimum atomic E-state index is -0.940. The van der Waals surface area contributed by atoms with Gasteiger partial charge in [-0.1, -0.05) is 51.0 Å². The third-order valence-electron chi connectivity index (χ3n) is 5.89. The Kier molecular flexibility index (Phi) is 13.9. The Labute approximate surface area is 230 Å². The zero-order chi connectivity index (χ0) is 28.5. The van der Waals surface area contributed by atoms with Crippen LogP contribution in [0, 0.1) is 5.92 Å². The summed E-state index contributed by atoms with van der Waals surface area (Å²) in [7, 11) is 3.15. The SMILES string of the molecule is CCCCC(CC)C(=O)OC(COC(=O)/C=C/c1ccc(OC)cc1)COC(=O)/C=C/c1ccc(OC)cc1. The van der Waals surface area contributed by atoms with Crippen LogP contribution in [0.1, 0.15) is 50.7 Å². The van der Waals surface area contributed by atoms with Crippen LogP contribution in [0.5, 0.6) is 11.5 Å². The molecule has 0 heterocycles. The van der Waals surface area contributed by atoms with Gasteiger partial charge < -0.3 is 23.7 Å². The Morgan fingerprint density at radius 3 is 1.59 bits per heavy atom. The quantitative estimate of drug-likeness (QED) is 0.154. The van der Waals surface area contributed by atoms with E-state index in [2.05, 4.69) is 6.92 Å². The molecule has 0 N–H and O–H groups in total. The summed E-state index contributed by atoms with van der Waals surface area (Å²) in [6, 6.07) is 14.3. The molecule has 0 aromatic heterocycles. The van der Waals surface area contributed by atoms with Gasteiger partial charge in [-0.25, -0.2) is 9.59 Å². The van der Waals surface area contributed by atoms with Gasteiger partial charge in [0.2, 0.25) is 0 Å². The van der Waals surface area contributed by atoms with Gasteiger partial charge in [0.15, 0.2) is 6.10 Å². The minimum absolute atomic E-state index is 0.253. The molecule has 0 aliphatic carbocycles. The first-order chi connectivity index (χ1) is 18.9. The molecule has 1 atom stereocenters. The maximum absolute atomic E-state index is 12.8. The van der Waals surface area contributed by atoms with Crippen molar-refractivity contribution in [3.8, 4) is 11.5 Å². The smallest absolute Gasteiger partial charge is 0.330 e. The van der Waals surface area contributed by atoms with Gasteiger partial charge in [0.25, 0.3) is 0 Å². The molecule has 2 rings (SSSR count). The molecule has 2 aromatic carbocycles. The van der Waals surface area contributed by atoms with Crippen LogP contribution >= 0.6 is 0 Å². The second-order valence-corrected chi connectivity index (χ2v) is 8.78. The molecule has 0 spiro atoms. The largest absolute Gasteiger partial charge is 0.497 e. The number of methoxy groups -OCH3 is 2. The molecule has 39 heavy (non-hydrogen) atoms. The predicted octanol–water partition coefficient (Wildman–Crippen LogP) is 5.65. The average molecular weight is 539 g/mol. The van der Waals surface area contributed by atoms with Crippen molar-refractivity contribution in [3.63, 3.8) is 0 Å². The summed E-state index contributed by atoms with van der Waals surface area (Å²) in [6.07, 6.45) is 8.01. The van der Waals surface area contributed by atoms with E-state index >= 15 is 0 Å². The highest BCUT2D eigenvalue weighted by Crippen LogP contribution is 2.17. The van der Waals surface area contributed by atoms with Gasteiger partial charge in [-0.2, -0.15) is 0 Å². The summed E-state index contributed by atoms with van der Waals surface area (Å²) in [6.45, 7) is 3.47. The highest BCUT2D eigenvalue weighted by molar-refractivity contribution is 5.87. The Balaban J connectivity index is 1.98. The van der Waals surface area contributed by atoms with Crippen LogP contribution in [-0.2, 0) is 28.6 Å². The van der Waals surface area contributed by atoms with E-state index in [1.165, 1.54) is 12.2 Å². The van der Waals surface area contributed by atoms with E-state index in [0.717, 1.165) is 24.0 Å². The Hall–Kier alpha value is -4.07. The van der Waals surface area contributed by atoms with Gasteiger partial charge in [-0.3, -0.25) is 4.79 Å². The van der Waals surface area contributed by atoms with Crippen LogP contribution in [0.2, 0.25) is 0 Å². The molecule has 2 aromatic rings. The van der Waals surface area contributed by atoms with Crippen molar-refractivity contribution < 1.29 is 38.1 Å². The number of carbonyl (C=O) groups excluding carboxylic acids is 3. The van der Waals surface area contributed by atoms with Crippen LogP contribution in [0.25, 0.3) is 12.2 Å². The van der Waals surface area contributed by atoms with E-state index in [4.69, 9.17) is 23.7 Å². The number of hydrogen-bond acceptors (Lipinski definition) is 8. The molecule has 0 saturated heterocycles. The van der Waals surface area contributed by atoms with Gasteiger partial charge in [0, 0.05) is 12.2 Å². The first-order valence-corrected chi connectivity index (χ1v) is 13.1. The van der Waals surface area contributed by atoms with E-state index in [1.54, 1.807) is 74.9 Å².